The van der Waals surface area contributed by atoms with Crippen molar-refractivity contribution < 1.29 is 0 Å². The Morgan fingerprint density at radius 3 is 2.33 bits per heavy atom. The summed E-state index contributed by atoms with van der Waals surface area (Å²) < 4.78 is 0. The van der Waals surface area contributed by atoms with Crippen molar-refractivity contribution in [2.45, 2.75) is 25.7 Å². The number of hydrogen-bond acceptors (Lipinski definition) is 3. The van der Waals surface area contributed by atoms with Gasteiger partial charge in [0.1, 0.15) is 0 Å². The van der Waals surface area contributed by atoms with Gasteiger partial charge in [0, 0.05) is 19.6 Å². The largest absolute Gasteiger partial charge is 0.330 e. The second kappa shape index (κ2) is 5.83. The van der Waals surface area contributed by atoms with E-state index in [0.29, 0.717) is 0 Å². The Morgan fingerprint density at radius 1 is 0.933 bits per heavy atom. The summed E-state index contributed by atoms with van der Waals surface area (Å²) in [7, 11) is 0. The normalized spacial score (nSPS) is 29.8. The highest BCUT2D eigenvalue weighted by Gasteiger charge is 2.19. The molecule has 2 N–H and O–H groups in total. The van der Waals surface area contributed by atoms with Gasteiger partial charge >= 0.3 is 0 Å². The summed E-state index contributed by atoms with van der Waals surface area (Å²) in [5, 5.41) is 0. The van der Waals surface area contributed by atoms with E-state index in [0.717, 1.165) is 12.5 Å². The Labute approximate surface area is 93.6 Å². The summed E-state index contributed by atoms with van der Waals surface area (Å²) in [4.78, 5) is 5.21. The van der Waals surface area contributed by atoms with E-state index >= 15 is 0 Å². The Morgan fingerprint density at radius 2 is 1.60 bits per heavy atom. The molecule has 1 unspecified atom stereocenters. The molecule has 2 heterocycles. The lowest BCUT2D eigenvalue weighted by Gasteiger charge is -2.33. The minimum atomic E-state index is 0.761. The third-order valence-corrected chi connectivity index (χ3v) is 3.87. The zero-order valence-electron chi connectivity index (χ0n) is 9.83. The molecule has 0 aromatic rings. The standard InChI is InChI=1S/C12H25N3/c13-10-12-4-3-7-15(11-12)9-8-14-5-1-2-6-14/h12H,1-11,13H2. The van der Waals surface area contributed by atoms with Crippen molar-refractivity contribution in [2.24, 2.45) is 11.7 Å². The molecule has 0 bridgehead atoms. The van der Waals surface area contributed by atoms with Crippen LogP contribution in [0.1, 0.15) is 25.7 Å². The van der Waals surface area contributed by atoms with Crippen LogP contribution in [0.15, 0.2) is 0 Å². The van der Waals surface area contributed by atoms with Gasteiger partial charge in [0.25, 0.3) is 0 Å². The van der Waals surface area contributed by atoms with Gasteiger partial charge in [-0.1, -0.05) is 0 Å². The maximum absolute atomic E-state index is 5.75. The van der Waals surface area contributed by atoms with Crippen molar-refractivity contribution in [3.63, 3.8) is 0 Å². The summed E-state index contributed by atoms with van der Waals surface area (Å²) in [5.41, 5.74) is 5.75. The van der Waals surface area contributed by atoms with Crippen LogP contribution in [0.2, 0.25) is 0 Å². The van der Waals surface area contributed by atoms with E-state index in [-0.39, 0.29) is 0 Å². The van der Waals surface area contributed by atoms with Gasteiger partial charge < -0.3 is 15.5 Å². The number of nitrogens with two attached hydrogens (primary N) is 1. The highest BCUT2D eigenvalue weighted by Crippen LogP contribution is 2.15. The lowest BCUT2D eigenvalue weighted by Crippen LogP contribution is -2.42. The SMILES string of the molecule is NCC1CCCN(CCN2CCCC2)C1. The number of piperidine rings is 1. The van der Waals surface area contributed by atoms with Crippen LogP contribution >= 0.6 is 0 Å². The molecule has 0 saturated carbocycles. The van der Waals surface area contributed by atoms with E-state index in [4.69, 9.17) is 5.73 Å². The van der Waals surface area contributed by atoms with Crippen molar-refractivity contribution in [2.75, 3.05) is 45.8 Å². The summed E-state index contributed by atoms with van der Waals surface area (Å²) in [5.74, 6) is 0.761. The minimum Gasteiger partial charge on any atom is -0.330 e. The van der Waals surface area contributed by atoms with E-state index in [1.54, 1.807) is 0 Å². The Balaban J connectivity index is 1.65. The second-order valence-corrected chi connectivity index (χ2v) is 5.09. The van der Waals surface area contributed by atoms with Crippen LogP contribution < -0.4 is 5.73 Å². The topological polar surface area (TPSA) is 32.5 Å². The molecule has 2 rings (SSSR count). The molecule has 0 aromatic carbocycles. The summed E-state index contributed by atoms with van der Waals surface area (Å²) in [6.45, 7) is 8.60. The van der Waals surface area contributed by atoms with Crippen molar-refractivity contribution >= 4 is 0 Å². The van der Waals surface area contributed by atoms with Gasteiger partial charge in [-0.05, 0) is 57.8 Å². The summed E-state index contributed by atoms with van der Waals surface area (Å²) >= 11 is 0. The fourth-order valence-electron chi connectivity index (χ4n) is 2.84. The molecule has 0 aliphatic carbocycles. The highest BCUT2D eigenvalue weighted by molar-refractivity contribution is 4.75. The minimum absolute atomic E-state index is 0.761. The molecule has 3 nitrogen and oxygen atoms in total. The molecule has 2 aliphatic heterocycles. The zero-order chi connectivity index (χ0) is 10.5. The highest BCUT2D eigenvalue weighted by atomic mass is 15.2. The Kier molecular flexibility index (Phi) is 4.42. The average molecular weight is 211 g/mol. The summed E-state index contributed by atoms with van der Waals surface area (Å²) in [6, 6.07) is 0. The van der Waals surface area contributed by atoms with Crippen LogP contribution in [0.4, 0.5) is 0 Å². The molecule has 0 amide bonds. The van der Waals surface area contributed by atoms with E-state index < -0.39 is 0 Å². The zero-order valence-corrected chi connectivity index (χ0v) is 9.83. The first kappa shape index (κ1) is 11.4. The van der Waals surface area contributed by atoms with Gasteiger partial charge in [-0.15, -0.1) is 0 Å². The quantitative estimate of drug-likeness (QED) is 0.745. The Bertz CT molecular complexity index is 178. The van der Waals surface area contributed by atoms with Gasteiger partial charge in [0.2, 0.25) is 0 Å². The first-order chi connectivity index (χ1) is 7.38. The molecule has 0 radical (unpaired) electrons. The van der Waals surface area contributed by atoms with Crippen LogP contribution in [0.25, 0.3) is 0 Å². The molecular formula is C12H25N3. The molecule has 0 spiro atoms. The molecular weight excluding hydrogens is 186 g/mol. The predicted octanol–water partition coefficient (Wildman–Crippen LogP) is 0.753. The monoisotopic (exact) mass is 211 g/mol. The van der Waals surface area contributed by atoms with Gasteiger partial charge in [-0.3, -0.25) is 0 Å². The molecule has 2 fully saturated rings. The number of hydrogen-bond donors (Lipinski definition) is 1. The van der Waals surface area contributed by atoms with Crippen molar-refractivity contribution in [1.82, 2.24) is 9.80 Å². The van der Waals surface area contributed by atoms with Crippen LogP contribution in [0.5, 0.6) is 0 Å². The van der Waals surface area contributed by atoms with Gasteiger partial charge in [0.05, 0.1) is 0 Å². The van der Waals surface area contributed by atoms with Crippen LogP contribution in [-0.2, 0) is 0 Å². The lowest BCUT2D eigenvalue weighted by molar-refractivity contribution is 0.158. The number of rotatable bonds is 4. The number of likely N-dealkylation sites (tertiary alicyclic amines) is 2. The van der Waals surface area contributed by atoms with E-state index in [2.05, 4.69) is 9.80 Å². The summed E-state index contributed by atoms with van der Waals surface area (Å²) in [6.07, 6.45) is 5.51. The maximum atomic E-state index is 5.75. The van der Waals surface area contributed by atoms with Crippen LogP contribution in [-0.4, -0.2) is 55.6 Å². The molecule has 2 aliphatic rings. The molecule has 3 heteroatoms. The lowest BCUT2D eigenvalue weighted by atomic mass is 9.98. The molecule has 2 saturated heterocycles. The molecule has 88 valence electrons. The van der Waals surface area contributed by atoms with Crippen molar-refractivity contribution in [3.8, 4) is 0 Å². The fourth-order valence-corrected chi connectivity index (χ4v) is 2.84. The van der Waals surface area contributed by atoms with Gasteiger partial charge in [-0.2, -0.15) is 0 Å². The van der Waals surface area contributed by atoms with E-state index in [9.17, 15) is 0 Å². The third kappa shape index (κ3) is 3.44. The molecule has 0 aromatic heterocycles. The van der Waals surface area contributed by atoms with E-state index in [1.165, 1.54) is 65.0 Å². The second-order valence-electron chi connectivity index (χ2n) is 5.09. The van der Waals surface area contributed by atoms with Crippen LogP contribution in [0, 0.1) is 5.92 Å². The Hall–Kier alpha value is -0.120. The smallest absolute Gasteiger partial charge is 0.0109 e. The number of nitrogens with zero attached hydrogens (tertiary/aromatic N) is 2. The van der Waals surface area contributed by atoms with Gasteiger partial charge in [0.15, 0.2) is 0 Å². The van der Waals surface area contributed by atoms with Crippen molar-refractivity contribution in [3.05, 3.63) is 0 Å². The maximum Gasteiger partial charge on any atom is 0.0109 e. The third-order valence-electron chi connectivity index (χ3n) is 3.87. The van der Waals surface area contributed by atoms with Gasteiger partial charge in [-0.25, -0.2) is 0 Å². The van der Waals surface area contributed by atoms with E-state index in [1.807, 2.05) is 0 Å². The first-order valence-electron chi connectivity index (χ1n) is 6.53. The molecule has 1 atom stereocenters. The molecule has 15 heavy (non-hydrogen) atoms. The average Bonchev–Trinajstić information content (AvgIpc) is 2.79. The van der Waals surface area contributed by atoms with Crippen LogP contribution in [0.3, 0.4) is 0 Å². The fraction of sp³-hybridized carbons (Fsp3) is 1.00. The predicted molar refractivity (Wildman–Crippen MR) is 63.9 cm³/mol. The first-order valence-corrected chi connectivity index (χ1v) is 6.53. The van der Waals surface area contributed by atoms with Crippen molar-refractivity contribution in [1.29, 1.82) is 0 Å².